The van der Waals surface area contributed by atoms with Crippen molar-refractivity contribution in [1.29, 1.82) is 0 Å². The van der Waals surface area contributed by atoms with E-state index in [2.05, 4.69) is 15.8 Å². The lowest BCUT2D eigenvalue weighted by molar-refractivity contribution is -0.131. The Morgan fingerprint density at radius 1 is 1.10 bits per heavy atom. The van der Waals surface area contributed by atoms with Crippen molar-refractivity contribution in [2.75, 3.05) is 0 Å². The predicted molar refractivity (Wildman–Crippen MR) is 118 cm³/mol. The first kappa shape index (κ1) is 20.0. The Hall–Kier alpha value is -2.93. The summed E-state index contributed by atoms with van der Waals surface area (Å²) in [7, 11) is 0. The van der Waals surface area contributed by atoms with Crippen molar-refractivity contribution in [3.8, 4) is 5.75 Å². The number of aryl methyl sites for hydroxylation is 1. The summed E-state index contributed by atoms with van der Waals surface area (Å²) in [6, 6.07) is 16.5. The summed E-state index contributed by atoms with van der Waals surface area (Å²) in [5, 5.41) is 11.3. The number of rotatable bonds is 4. The van der Waals surface area contributed by atoms with E-state index < -0.39 is 6.04 Å². The number of benzene rings is 2. The topological polar surface area (TPSA) is 77.5 Å². The maximum atomic E-state index is 13.5. The highest BCUT2D eigenvalue weighted by molar-refractivity contribution is 6.31. The van der Waals surface area contributed by atoms with Crippen molar-refractivity contribution in [2.45, 2.75) is 31.6 Å². The Bertz CT molecular complexity index is 1110. The van der Waals surface area contributed by atoms with Crippen LogP contribution in [0.25, 0.3) is 0 Å². The number of carbonyl (C=O) groups is 1. The van der Waals surface area contributed by atoms with E-state index >= 15 is 0 Å². The molecule has 1 aromatic heterocycles. The standard InChI is InChI=1S/C24H23ClN4O2/c1-14-10-19(30)17(11-18(14)25)21-20-22(28-27-21)24(31)29(13-15-6-5-9-26-12-15)23(20)16-7-3-2-4-8-16/h2-12,20-23,27-28,30H,13H2,1H3. The van der Waals surface area contributed by atoms with Gasteiger partial charge in [0.25, 0.3) is 0 Å². The van der Waals surface area contributed by atoms with Crippen LogP contribution in [0.15, 0.2) is 67.0 Å². The second-order valence-corrected chi connectivity index (χ2v) is 8.57. The molecule has 0 radical (unpaired) electrons. The van der Waals surface area contributed by atoms with Crippen molar-refractivity contribution in [3.05, 3.63) is 94.3 Å². The zero-order chi connectivity index (χ0) is 21.5. The van der Waals surface area contributed by atoms with Gasteiger partial charge in [-0.3, -0.25) is 9.78 Å². The predicted octanol–water partition coefficient (Wildman–Crippen LogP) is 3.67. The van der Waals surface area contributed by atoms with Crippen LogP contribution in [0, 0.1) is 12.8 Å². The number of halogens is 1. The number of nitrogens with one attached hydrogen (secondary N) is 2. The van der Waals surface area contributed by atoms with Crippen LogP contribution in [0.4, 0.5) is 0 Å². The summed E-state index contributed by atoms with van der Waals surface area (Å²) in [4.78, 5) is 19.6. The van der Waals surface area contributed by atoms with Crippen LogP contribution in [0.3, 0.4) is 0 Å². The Balaban J connectivity index is 1.58. The number of aromatic hydroxyl groups is 1. The molecular weight excluding hydrogens is 412 g/mol. The zero-order valence-corrected chi connectivity index (χ0v) is 17.8. The van der Waals surface area contributed by atoms with E-state index in [1.807, 2.05) is 54.3 Å². The van der Waals surface area contributed by atoms with E-state index in [9.17, 15) is 9.90 Å². The number of hydrazine groups is 1. The quantitative estimate of drug-likeness (QED) is 0.584. The summed E-state index contributed by atoms with van der Waals surface area (Å²) in [6.07, 6.45) is 3.52. The van der Waals surface area contributed by atoms with Crippen LogP contribution in [-0.4, -0.2) is 26.9 Å². The van der Waals surface area contributed by atoms with E-state index in [0.717, 1.165) is 16.7 Å². The highest BCUT2D eigenvalue weighted by Gasteiger charge is 2.55. The van der Waals surface area contributed by atoms with Crippen molar-refractivity contribution in [2.24, 2.45) is 5.92 Å². The molecule has 4 atom stereocenters. The van der Waals surface area contributed by atoms with Crippen LogP contribution in [0.1, 0.15) is 34.3 Å². The van der Waals surface area contributed by atoms with Gasteiger partial charge in [-0.05, 0) is 41.8 Å². The van der Waals surface area contributed by atoms with Crippen molar-refractivity contribution in [1.82, 2.24) is 20.7 Å². The monoisotopic (exact) mass is 434 g/mol. The van der Waals surface area contributed by atoms with Crippen molar-refractivity contribution < 1.29 is 9.90 Å². The molecule has 2 aliphatic heterocycles. The molecule has 5 rings (SSSR count). The molecule has 0 spiro atoms. The van der Waals surface area contributed by atoms with Crippen LogP contribution in [-0.2, 0) is 11.3 Å². The average Bonchev–Trinajstić information content (AvgIpc) is 3.31. The molecule has 2 aromatic carbocycles. The maximum absolute atomic E-state index is 13.5. The minimum atomic E-state index is -0.411. The molecule has 3 aromatic rings. The summed E-state index contributed by atoms with van der Waals surface area (Å²) < 4.78 is 0. The molecule has 3 heterocycles. The van der Waals surface area contributed by atoms with Gasteiger partial charge in [0.1, 0.15) is 11.8 Å². The third kappa shape index (κ3) is 3.47. The van der Waals surface area contributed by atoms with E-state index in [4.69, 9.17) is 11.6 Å². The number of pyridine rings is 1. The second kappa shape index (κ2) is 7.96. The number of fused-ring (bicyclic) bond motifs is 1. The first-order valence-corrected chi connectivity index (χ1v) is 10.7. The number of hydrogen-bond acceptors (Lipinski definition) is 5. The van der Waals surface area contributed by atoms with Gasteiger partial charge >= 0.3 is 0 Å². The van der Waals surface area contributed by atoms with Crippen molar-refractivity contribution >= 4 is 17.5 Å². The summed E-state index contributed by atoms with van der Waals surface area (Å²) in [6.45, 7) is 2.32. The van der Waals surface area contributed by atoms with Crippen LogP contribution < -0.4 is 10.9 Å². The number of phenols is 1. The number of phenolic OH excluding ortho intramolecular Hbond substituents is 1. The highest BCUT2D eigenvalue weighted by atomic mass is 35.5. The van der Waals surface area contributed by atoms with Crippen LogP contribution in [0.5, 0.6) is 5.75 Å². The maximum Gasteiger partial charge on any atom is 0.242 e. The van der Waals surface area contributed by atoms with Gasteiger partial charge in [-0.25, -0.2) is 10.9 Å². The molecule has 6 nitrogen and oxygen atoms in total. The van der Waals surface area contributed by atoms with Gasteiger partial charge in [-0.1, -0.05) is 48.0 Å². The lowest BCUT2D eigenvalue weighted by Crippen LogP contribution is -2.41. The molecule has 1 amide bonds. The van der Waals surface area contributed by atoms with Gasteiger partial charge in [0.05, 0.1) is 12.1 Å². The summed E-state index contributed by atoms with van der Waals surface area (Å²) in [5.74, 6) is 0.0680. The van der Waals surface area contributed by atoms with Crippen LogP contribution in [0.2, 0.25) is 5.02 Å². The molecule has 2 fully saturated rings. The largest absolute Gasteiger partial charge is 0.508 e. The Kier molecular flexibility index (Phi) is 5.14. The zero-order valence-electron chi connectivity index (χ0n) is 17.0. The van der Waals surface area contributed by atoms with Gasteiger partial charge in [-0.2, -0.15) is 0 Å². The van der Waals surface area contributed by atoms with Gasteiger partial charge in [-0.15, -0.1) is 0 Å². The number of amides is 1. The fraction of sp³-hybridized carbons (Fsp3) is 0.250. The van der Waals surface area contributed by atoms with E-state index in [-0.39, 0.29) is 29.7 Å². The first-order chi connectivity index (χ1) is 15.0. The molecule has 158 valence electrons. The van der Waals surface area contributed by atoms with Gasteiger partial charge < -0.3 is 10.0 Å². The van der Waals surface area contributed by atoms with Crippen LogP contribution >= 0.6 is 11.6 Å². The molecule has 0 saturated carbocycles. The molecule has 3 N–H and O–H groups in total. The molecular formula is C24H23ClN4O2. The average molecular weight is 435 g/mol. The lowest BCUT2D eigenvalue weighted by Gasteiger charge is -2.31. The highest BCUT2D eigenvalue weighted by Crippen LogP contribution is 2.49. The van der Waals surface area contributed by atoms with Gasteiger partial charge in [0.15, 0.2) is 0 Å². The normalized spacial score (nSPS) is 25.1. The van der Waals surface area contributed by atoms with Gasteiger partial charge in [0, 0.05) is 35.4 Å². The van der Waals surface area contributed by atoms with Crippen molar-refractivity contribution in [3.63, 3.8) is 0 Å². The van der Waals surface area contributed by atoms with E-state index in [0.29, 0.717) is 17.1 Å². The Morgan fingerprint density at radius 3 is 2.61 bits per heavy atom. The molecule has 0 bridgehead atoms. The lowest BCUT2D eigenvalue weighted by atomic mass is 9.83. The third-order valence-corrected chi connectivity index (χ3v) is 6.68. The Morgan fingerprint density at radius 2 is 1.87 bits per heavy atom. The minimum Gasteiger partial charge on any atom is -0.508 e. The molecule has 0 aliphatic carbocycles. The molecule has 4 unspecified atom stereocenters. The number of hydrogen-bond donors (Lipinski definition) is 3. The van der Waals surface area contributed by atoms with E-state index in [1.165, 1.54) is 0 Å². The summed E-state index contributed by atoms with van der Waals surface area (Å²) >= 11 is 6.38. The smallest absolute Gasteiger partial charge is 0.242 e. The number of likely N-dealkylation sites (tertiary alicyclic amines) is 1. The number of nitrogens with zero attached hydrogens (tertiary/aromatic N) is 2. The number of carbonyl (C=O) groups excluding carboxylic acids is 1. The molecule has 7 heteroatoms. The van der Waals surface area contributed by atoms with Gasteiger partial charge in [0.2, 0.25) is 5.91 Å². The number of aromatic nitrogens is 1. The molecule has 31 heavy (non-hydrogen) atoms. The molecule has 2 saturated heterocycles. The molecule has 2 aliphatic rings. The minimum absolute atomic E-state index is 0.0235. The summed E-state index contributed by atoms with van der Waals surface area (Å²) in [5.41, 5.74) is 9.96. The SMILES string of the molecule is Cc1cc(O)c(C2NNC3C(=O)N(Cc4cccnc4)C(c4ccccc4)C32)cc1Cl. The fourth-order valence-electron chi connectivity index (χ4n) is 4.81. The second-order valence-electron chi connectivity index (χ2n) is 8.16. The van der Waals surface area contributed by atoms with E-state index in [1.54, 1.807) is 24.5 Å². The fourth-order valence-corrected chi connectivity index (χ4v) is 4.98. The first-order valence-electron chi connectivity index (χ1n) is 10.3. The Labute approximate surface area is 185 Å². The third-order valence-electron chi connectivity index (χ3n) is 6.27.